The molecule has 0 fully saturated rings. The summed E-state index contributed by atoms with van der Waals surface area (Å²) < 4.78 is 78.0. The third-order valence-electron chi connectivity index (χ3n) is 4.22. The molecule has 3 rings (SSSR count). The molecule has 0 bridgehead atoms. The highest BCUT2D eigenvalue weighted by Gasteiger charge is 2.27. The van der Waals surface area contributed by atoms with Crippen LogP contribution in [-0.4, -0.2) is 27.6 Å². The molecular weight excluding hydrogens is 421 g/mol. The maximum absolute atomic E-state index is 13.7. The molecule has 0 aliphatic heterocycles. The van der Waals surface area contributed by atoms with Crippen LogP contribution in [0.4, 0.5) is 19.0 Å². The lowest BCUT2D eigenvalue weighted by Gasteiger charge is -2.24. The van der Waals surface area contributed by atoms with Gasteiger partial charge in [0.25, 0.3) is 10.0 Å². The van der Waals surface area contributed by atoms with Crippen molar-refractivity contribution >= 4 is 15.8 Å². The normalized spacial score (nSPS) is 11.2. The standard InChI is InChI=1S/C20H17F3N2O4S/c1-28-18-7-3-13(9-19(18)29-2)12-25(20-8-4-14(21)11-24-20)30(26,27)15-5-6-16(22)17(23)10-15/h3-11H,12H2,1-2H3. The van der Waals surface area contributed by atoms with Crippen LogP contribution < -0.4 is 13.8 Å². The number of hydrogen-bond acceptors (Lipinski definition) is 5. The molecule has 3 aromatic rings. The molecule has 0 N–H and O–H groups in total. The molecular formula is C20H17F3N2O4S. The van der Waals surface area contributed by atoms with Gasteiger partial charge in [0.05, 0.1) is 31.9 Å². The van der Waals surface area contributed by atoms with E-state index in [4.69, 9.17) is 9.47 Å². The number of benzene rings is 2. The van der Waals surface area contributed by atoms with Crippen molar-refractivity contribution in [1.29, 1.82) is 0 Å². The summed E-state index contributed by atoms with van der Waals surface area (Å²) in [5.74, 6) is -2.44. The van der Waals surface area contributed by atoms with Gasteiger partial charge in [0.15, 0.2) is 23.1 Å². The second-order valence-electron chi connectivity index (χ2n) is 6.11. The van der Waals surface area contributed by atoms with Crippen molar-refractivity contribution in [1.82, 2.24) is 4.98 Å². The number of hydrogen-bond donors (Lipinski definition) is 0. The van der Waals surface area contributed by atoms with E-state index in [9.17, 15) is 21.6 Å². The monoisotopic (exact) mass is 438 g/mol. The molecule has 158 valence electrons. The fraction of sp³-hybridized carbons (Fsp3) is 0.150. The second-order valence-corrected chi connectivity index (χ2v) is 7.97. The van der Waals surface area contributed by atoms with E-state index in [2.05, 4.69) is 4.98 Å². The molecule has 2 aromatic carbocycles. The lowest BCUT2D eigenvalue weighted by molar-refractivity contribution is 0.354. The third-order valence-corrected chi connectivity index (χ3v) is 5.97. The molecule has 0 amide bonds. The van der Waals surface area contributed by atoms with Crippen molar-refractivity contribution < 1.29 is 31.1 Å². The molecule has 0 aliphatic rings. The Morgan fingerprint density at radius 3 is 2.23 bits per heavy atom. The van der Waals surface area contributed by atoms with E-state index < -0.39 is 32.4 Å². The topological polar surface area (TPSA) is 68.7 Å². The Hall–Kier alpha value is -3.27. The van der Waals surface area contributed by atoms with Gasteiger partial charge in [-0.3, -0.25) is 0 Å². The molecule has 0 saturated heterocycles. The Bertz CT molecular complexity index is 1160. The number of ether oxygens (including phenoxy) is 2. The highest BCUT2D eigenvalue weighted by molar-refractivity contribution is 7.92. The molecule has 0 atom stereocenters. The maximum Gasteiger partial charge on any atom is 0.265 e. The molecule has 30 heavy (non-hydrogen) atoms. The zero-order valence-corrected chi connectivity index (χ0v) is 16.8. The van der Waals surface area contributed by atoms with E-state index in [-0.39, 0.29) is 12.4 Å². The van der Waals surface area contributed by atoms with E-state index in [0.717, 1.165) is 28.7 Å². The molecule has 1 heterocycles. The molecule has 0 spiro atoms. The smallest absolute Gasteiger partial charge is 0.265 e. The Morgan fingerprint density at radius 1 is 0.900 bits per heavy atom. The van der Waals surface area contributed by atoms with Crippen LogP contribution in [0.15, 0.2) is 59.6 Å². The van der Waals surface area contributed by atoms with Gasteiger partial charge < -0.3 is 9.47 Å². The largest absolute Gasteiger partial charge is 0.493 e. The number of methoxy groups -OCH3 is 2. The number of nitrogens with zero attached hydrogens (tertiary/aromatic N) is 2. The SMILES string of the molecule is COc1ccc(CN(c2ccc(F)cn2)S(=O)(=O)c2ccc(F)c(F)c2)cc1OC. The molecule has 10 heteroatoms. The van der Waals surface area contributed by atoms with Crippen LogP contribution in [0.2, 0.25) is 0 Å². The highest BCUT2D eigenvalue weighted by Crippen LogP contribution is 2.30. The van der Waals surface area contributed by atoms with Gasteiger partial charge >= 0.3 is 0 Å². The summed E-state index contributed by atoms with van der Waals surface area (Å²) in [5.41, 5.74) is 0.491. The minimum atomic E-state index is -4.37. The Kier molecular flexibility index (Phi) is 6.16. The highest BCUT2D eigenvalue weighted by atomic mass is 32.2. The summed E-state index contributed by atoms with van der Waals surface area (Å²) in [6.45, 7) is -0.236. The first-order chi connectivity index (χ1) is 14.3. The van der Waals surface area contributed by atoms with Crippen molar-refractivity contribution in [2.24, 2.45) is 0 Å². The predicted molar refractivity (Wildman–Crippen MR) is 103 cm³/mol. The van der Waals surface area contributed by atoms with Crippen LogP contribution in [0.3, 0.4) is 0 Å². The third kappa shape index (κ3) is 4.33. The molecule has 0 radical (unpaired) electrons. The van der Waals surface area contributed by atoms with E-state index in [1.54, 1.807) is 18.2 Å². The average Bonchev–Trinajstić information content (AvgIpc) is 2.74. The van der Waals surface area contributed by atoms with Crippen LogP contribution >= 0.6 is 0 Å². The van der Waals surface area contributed by atoms with Crippen molar-refractivity contribution in [2.45, 2.75) is 11.4 Å². The predicted octanol–water partition coefficient (Wildman–Crippen LogP) is 3.91. The van der Waals surface area contributed by atoms with Gasteiger partial charge in [0.1, 0.15) is 11.6 Å². The molecule has 0 saturated carbocycles. The Balaban J connectivity index is 2.09. The lowest BCUT2D eigenvalue weighted by Crippen LogP contribution is -2.31. The van der Waals surface area contributed by atoms with Crippen molar-refractivity contribution in [2.75, 3.05) is 18.5 Å². The van der Waals surface area contributed by atoms with Gasteiger partial charge in [-0.25, -0.2) is 30.9 Å². The van der Waals surface area contributed by atoms with Crippen LogP contribution in [0, 0.1) is 17.5 Å². The summed E-state index contributed by atoms with van der Waals surface area (Å²) in [6, 6.07) is 9.23. The summed E-state index contributed by atoms with van der Waals surface area (Å²) in [5, 5.41) is 0. The number of sulfonamides is 1. The van der Waals surface area contributed by atoms with E-state index in [1.807, 2.05) is 0 Å². The van der Waals surface area contributed by atoms with Crippen molar-refractivity contribution in [3.8, 4) is 11.5 Å². The number of anilines is 1. The summed E-state index contributed by atoms with van der Waals surface area (Å²) in [7, 11) is -1.48. The first-order valence-electron chi connectivity index (χ1n) is 8.56. The number of pyridine rings is 1. The number of rotatable bonds is 7. The fourth-order valence-electron chi connectivity index (χ4n) is 2.71. The van der Waals surface area contributed by atoms with Crippen LogP contribution in [-0.2, 0) is 16.6 Å². The van der Waals surface area contributed by atoms with E-state index >= 15 is 0 Å². The van der Waals surface area contributed by atoms with Gasteiger partial charge in [-0.05, 0) is 48.0 Å². The van der Waals surface area contributed by atoms with E-state index in [0.29, 0.717) is 23.1 Å². The van der Waals surface area contributed by atoms with Gasteiger partial charge in [0.2, 0.25) is 0 Å². The number of aromatic nitrogens is 1. The quantitative estimate of drug-likeness (QED) is 0.560. The Morgan fingerprint density at radius 2 is 1.63 bits per heavy atom. The van der Waals surface area contributed by atoms with Gasteiger partial charge in [0, 0.05) is 0 Å². The zero-order valence-electron chi connectivity index (χ0n) is 16.0. The van der Waals surface area contributed by atoms with Crippen LogP contribution in [0.5, 0.6) is 11.5 Å². The number of halogens is 3. The first kappa shape index (κ1) is 21.4. The van der Waals surface area contributed by atoms with Crippen molar-refractivity contribution in [3.63, 3.8) is 0 Å². The molecule has 0 aliphatic carbocycles. The maximum atomic E-state index is 13.7. The van der Waals surface area contributed by atoms with Crippen molar-refractivity contribution in [3.05, 3.63) is 77.7 Å². The molecule has 6 nitrogen and oxygen atoms in total. The van der Waals surface area contributed by atoms with Gasteiger partial charge in [-0.1, -0.05) is 6.07 Å². The minimum Gasteiger partial charge on any atom is -0.493 e. The van der Waals surface area contributed by atoms with E-state index in [1.165, 1.54) is 20.3 Å². The fourth-order valence-corrected chi connectivity index (χ4v) is 4.13. The first-order valence-corrected chi connectivity index (χ1v) is 10.0. The second kappa shape index (κ2) is 8.62. The summed E-state index contributed by atoms with van der Waals surface area (Å²) in [4.78, 5) is 3.35. The van der Waals surface area contributed by atoms with Crippen LogP contribution in [0.1, 0.15) is 5.56 Å². The minimum absolute atomic E-state index is 0.101. The average molecular weight is 438 g/mol. The van der Waals surface area contributed by atoms with Gasteiger partial charge in [-0.2, -0.15) is 0 Å². The Labute approximate surface area is 171 Å². The zero-order chi connectivity index (χ0) is 21.9. The van der Waals surface area contributed by atoms with Gasteiger partial charge in [-0.15, -0.1) is 0 Å². The molecule has 0 unspecified atom stereocenters. The molecule has 1 aromatic heterocycles. The van der Waals surface area contributed by atoms with Crippen LogP contribution in [0.25, 0.3) is 0 Å². The summed E-state index contributed by atoms with van der Waals surface area (Å²) >= 11 is 0. The summed E-state index contributed by atoms with van der Waals surface area (Å²) in [6.07, 6.45) is 0.859. The lowest BCUT2D eigenvalue weighted by atomic mass is 10.2.